The summed E-state index contributed by atoms with van der Waals surface area (Å²) >= 11 is 0. The van der Waals surface area contributed by atoms with Crippen LogP contribution in [-0.2, 0) is 16.6 Å². The Morgan fingerprint density at radius 2 is 1.89 bits per heavy atom. The van der Waals surface area contributed by atoms with Crippen molar-refractivity contribution in [3.05, 3.63) is 17.6 Å². The van der Waals surface area contributed by atoms with Crippen molar-refractivity contribution in [3.8, 4) is 0 Å². The number of furan rings is 1. The third-order valence-corrected chi connectivity index (χ3v) is 4.70. The monoisotopic (exact) mass is 288 g/mol. The van der Waals surface area contributed by atoms with Crippen molar-refractivity contribution in [3.63, 3.8) is 0 Å². The van der Waals surface area contributed by atoms with E-state index < -0.39 is 10.0 Å². The van der Waals surface area contributed by atoms with Gasteiger partial charge in [0.15, 0.2) is 0 Å². The minimum Gasteiger partial charge on any atom is -0.464 e. The zero-order valence-corrected chi connectivity index (χ0v) is 12.9. The highest BCUT2D eigenvalue weighted by molar-refractivity contribution is 7.89. The number of aryl methyl sites for hydroxylation is 1. The first kappa shape index (κ1) is 16.2. The second-order valence-electron chi connectivity index (χ2n) is 4.55. The molecular formula is C13H24N2O3S. The molecule has 0 amide bonds. The lowest BCUT2D eigenvalue weighted by Crippen LogP contribution is -2.33. The van der Waals surface area contributed by atoms with Crippen molar-refractivity contribution in [2.24, 2.45) is 0 Å². The summed E-state index contributed by atoms with van der Waals surface area (Å²) in [6.07, 6.45) is 1.55. The Kier molecular flexibility index (Phi) is 6.03. The van der Waals surface area contributed by atoms with Gasteiger partial charge in [0.2, 0.25) is 10.0 Å². The average Bonchev–Trinajstić information content (AvgIpc) is 2.75. The fourth-order valence-electron chi connectivity index (χ4n) is 1.86. The van der Waals surface area contributed by atoms with E-state index in [4.69, 9.17) is 4.42 Å². The standard InChI is InChI=1S/C13H24N2O3S/c1-5-11(6-2)15-19(16,17)13-8-12(9-14-7-3)18-10(13)4/h8,11,14-15H,5-7,9H2,1-4H3. The zero-order valence-electron chi connectivity index (χ0n) is 12.1. The van der Waals surface area contributed by atoms with Crippen LogP contribution in [0.1, 0.15) is 45.1 Å². The molecule has 0 bridgehead atoms. The smallest absolute Gasteiger partial charge is 0.244 e. The van der Waals surface area contributed by atoms with Crippen molar-refractivity contribution in [1.29, 1.82) is 0 Å². The molecule has 0 aliphatic carbocycles. The maximum absolute atomic E-state index is 12.3. The first-order chi connectivity index (χ1) is 8.94. The van der Waals surface area contributed by atoms with Crippen LogP contribution in [0.3, 0.4) is 0 Å². The Morgan fingerprint density at radius 1 is 1.26 bits per heavy atom. The van der Waals surface area contributed by atoms with Crippen molar-refractivity contribution < 1.29 is 12.8 Å². The van der Waals surface area contributed by atoms with E-state index in [0.717, 1.165) is 19.4 Å². The predicted octanol–water partition coefficient (Wildman–Crippen LogP) is 2.16. The van der Waals surface area contributed by atoms with E-state index in [1.807, 2.05) is 20.8 Å². The highest BCUT2D eigenvalue weighted by Crippen LogP contribution is 2.20. The highest BCUT2D eigenvalue weighted by Gasteiger charge is 2.23. The van der Waals surface area contributed by atoms with Crippen LogP contribution >= 0.6 is 0 Å². The van der Waals surface area contributed by atoms with Gasteiger partial charge in [0.05, 0.1) is 6.54 Å². The van der Waals surface area contributed by atoms with Crippen molar-refractivity contribution in [2.45, 2.75) is 58.0 Å². The summed E-state index contributed by atoms with van der Waals surface area (Å²) in [5, 5.41) is 3.11. The SMILES string of the molecule is CCNCc1cc(S(=O)(=O)NC(CC)CC)c(C)o1. The molecule has 19 heavy (non-hydrogen) atoms. The molecule has 1 aromatic rings. The molecule has 0 saturated carbocycles. The van der Waals surface area contributed by atoms with Crippen LogP contribution in [0.4, 0.5) is 0 Å². The van der Waals surface area contributed by atoms with Crippen molar-refractivity contribution in [2.75, 3.05) is 6.54 Å². The topological polar surface area (TPSA) is 71.3 Å². The van der Waals surface area contributed by atoms with Crippen LogP contribution in [0.15, 0.2) is 15.4 Å². The van der Waals surface area contributed by atoms with E-state index in [1.165, 1.54) is 0 Å². The van der Waals surface area contributed by atoms with E-state index in [0.29, 0.717) is 18.1 Å². The highest BCUT2D eigenvalue weighted by atomic mass is 32.2. The quantitative estimate of drug-likeness (QED) is 0.769. The fraction of sp³-hybridized carbons (Fsp3) is 0.692. The van der Waals surface area contributed by atoms with Gasteiger partial charge in [-0.1, -0.05) is 20.8 Å². The number of rotatable bonds is 8. The molecule has 2 N–H and O–H groups in total. The van der Waals surface area contributed by atoms with E-state index in [1.54, 1.807) is 13.0 Å². The first-order valence-electron chi connectivity index (χ1n) is 6.76. The summed E-state index contributed by atoms with van der Waals surface area (Å²) in [5.74, 6) is 1.08. The molecule has 0 radical (unpaired) electrons. The van der Waals surface area contributed by atoms with E-state index in [-0.39, 0.29) is 10.9 Å². The predicted molar refractivity (Wildman–Crippen MR) is 75.5 cm³/mol. The van der Waals surface area contributed by atoms with Gasteiger partial charge in [0, 0.05) is 12.1 Å². The Hall–Kier alpha value is -0.850. The number of sulfonamides is 1. The second kappa shape index (κ2) is 7.07. The molecule has 0 fully saturated rings. The number of hydrogen-bond acceptors (Lipinski definition) is 4. The normalized spacial score (nSPS) is 12.3. The Bertz CT molecular complexity index is 490. The summed E-state index contributed by atoms with van der Waals surface area (Å²) in [5.41, 5.74) is 0. The Morgan fingerprint density at radius 3 is 2.42 bits per heavy atom. The minimum atomic E-state index is -3.49. The summed E-state index contributed by atoms with van der Waals surface area (Å²) in [7, 11) is -3.49. The van der Waals surface area contributed by atoms with Gasteiger partial charge in [0.1, 0.15) is 16.4 Å². The second-order valence-corrected chi connectivity index (χ2v) is 6.23. The Balaban J connectivity index is 2.91. The van der Waals surface area contributed by atoms with Gasteiger partial charge >= 0.3 is 0 Å². The third kappa shape index (κ3) is 4.33. The van der Waals surface area contributed by atoms with Crippen LogP contribution < -0.4 is 10.0 Å². The summed E-state index contributed by atoms with van der Waals surface area (Å²) < 4.78 is 32.7. The molecule has 0 aliphatic heterocycles. The fourth-order valence-corrected chi connectivity index (χ4v) is 3.47. The van der Waals surface area contributed by atoms with Gasteiger partial charge in [0.25, 0.3) is 0 Å². The molecule has 0 unspecified atom stereocenters. The number of nitrogens with one attached hydrogen (secondary N) is 2. The Labute approximate surface area is 115 Å². The molecule has 1 aromatic heterocycles. The average molecular weight is 288 g/mol. The van der Waals surface area contributed by atoms with Crippen LogP contribution in [0, 0.1) is 6.92 Å². The lowest BCUT2D eigenvalue weighted by molar-refractivity contribution is 0.459. The van der Waals surface area contributed by atoms with Crippen LogP contribution in [0.2, 0.25) is 0 Å². The van der Waals surface area contributed by atoms with Gasteiger partial charge in [-0.2, -0.15) is 0 Å². The minimum absolute atomic E-state index is 0.0310. The molecule has 0 atom stereocenters. The molecule has 0 aliphatic rings. The number of hydrogen-bond donors (Lipinski definition) is 2. The first-order valence-corrected chi connectivity index (χ1v) is 8.25. The summed E-state index contributed by atoms with van der Waals surface area (Å²) in [6.45, 7) is 8.95. The molecule has 0 spiro atoms. The molecule has 0 saturated heterocycles. The van der Waals surface area contributed by atoms with E-state index in [2.05, 4.69) is 10.0 Å². The molecule has 1 rings (SSSR count). The molecule has 5 nitrogen and oxygen atoms in total. The van der Waals surface area contributed by atoms with Gasteiger partial charge in [-0.25, -0.2) is 13.1 Å². The summed E-state index contributed by atoms with van der Waals surface area (Å²) in [4.78, 5) is 0.243. The summed E-state index contributed by atoms with van der Waals surface area (Å²) in [6, 6.07) is 1.57. The van der Waals surface area contributed by atoms with Crippen LogP contribution in [0.5, 0.6) is 0 Å². The van der Waals surface area contributed by atoms with Crippen molar-refractivity contribution >= 4 is 10.0 Å². The van der Waals surface area contributed by atoms with Gasteiger partial charge in [-0.15, -0.1) is 0 Å². The molecule has 0 aromatic carbocycles. The van der Waals surface area contributed by atoms with Gasteiger partial charge in [-0.3, -0.25) is 0 Å². The third-order valence-electron chi connectivity index (χ3n) is 3.07. The van der Waals surface area contributed by atoms with Crippen LogP contribution in [0.25, 0.3) is 0 Å². The maximum atomic E-state index is 12.3. The van der Waals surface area contributed by atoms with Gasteiger partial charge < -0.3 is 9.73 Å². The lowest BCUT2D eigenvalue weighted by Gasteiger charge is -2.14. The lowest BCUT2D eigenvalue weighted by atomic mass is 10.2. The van der Waals surface area contributed by atoms with Crippen molar-refractivity contribution in [1.82, 2.24) is 10.0 Å². The van der Waals surface area contributed by atoms with E-state index in [9.17, 15) is 8.42 Å². The van der Waals surface area contributed by atoms with E-state index >= 15 is 0 Å². The zero-order chi connectivity index (χ0) is 14.5. The molecule has 1 heterocycles. The molecule has 6 heteroatoms. The van der Waals surface area contributed by atoms with Crippen LogP contribution in [-0.4, -0.2) is 21.0 Å². The van der Waals surface area contributed by atoms with Gasteiger partial charge in [-0.05, 0) is 26.3 Å². The maximum Gasteiger partial charge on any atom is 0.244 e. The molecular weight excluding hydrogens is 264 g/mol. The molecule has 110 valence electrons. The largest absolute Gasteiger partial charge is 0.464 e.